The third-order valence-electron chi connectivity index (χ3n) is 3.76. The average molecular weight is 265 g/mol. The van der Waals surface area contributed by atoms with Gasteiger partial charge in [-0.2, -0.15) is 5.10 Å². The summed E-state index contributed by atoms with van der Waals surface area (Å²) in [6.07, 6.45) is 2.71. The smallest absolute Gasteiger partial charge is 0.271 e. The zero-order valence-corrected chi connectivity index (χ0v) is 11.9. The van der Waals surface area contributed by atoms with Crippen LogP contribution in [0.4, 0.5) is 5.69 Å². The van der Waals surface area contributed by atoms with Crippen LogP contribution in [0.15, 0.2) is 0 Å². The molecule has 1 amide bonds. The molecule has 1 fully saturated rings. The molecule has 1 aromatic rings. The first-order valence-electron chi connectivity index (χ1n) is 6.83. The number of hydrogen-bond donors (Lipinski definition) is 2. The summed E-state index contributed by atoms with van der Waals surface area (Å²) in [5.41, 5.74) is 7.77. The first-order chi connectivity index (χ1) is 9.02. The molecule has 6 heteroatoms. The van der Waals surface area contributed by atoms with Crippen molar-refractivity contribution < 1.29 is 4.79 Å². The van der Waals surface area contributed by atoms with Crippen LogP contribution >= 0.6 is 0 Å². The van der Waals surface area contributed by atoms with Gasteiger partial charge in [-0.25, -0.2) is 0 Å². The summed E-state index contributed by atoms with van der Waals surface area (Å²) in [6.45, 7) is 4.02. The van der Waals surface area contributed by atoms with Crippen LogP contribution < -0.4 is 11.1 Å². The highest BCUT2D eigenvalue weighted by Crippen LogP contribution is 2.17. The van der Waals surface area contributed by atoms with E-state index in [9.17, 15) is 4.79 Å². The lowest BCUT2D eigenvalue weighted by molar-refractivity contribution is 0.0908. The molecule has 0 bridgehead atoms. The molecule has 0 unspecified atom stereocenters. The monoisotopic (exact) mass is 265 g/mol. The summed E-state index contributed by atoms with van der Waals surface area (Å²) in [4.78, 5) is 14.6. The third kappa shape index (κ3) is 2.89. The Labute approximate surface area is 113 Å². The Hall–Kier alpha value is -1.56. The Balaban J connectivity index is 2.06. The molecule has 1 aromatic heterocycles. The van der Waals surface area contributed by atoms with Gasteiger partial charge in [-0.1, -0.05) is 6.92 Å². The number of aryl methyl sites for hydroxylation is 2. The number of aromatic nitrogens is 2. The number of likely N-dealkylation sites (tertiary alicyclic amines) is 1. The second kappa shape index (κ2) is 5.61. The molecule has 1 aliphatic rings. The summed E-state index contributed by atoms with van der Waals surface area (Å²) in [5.74, 6) is -0.109. The zero-order chi connectivity index (χ0) is 14.0. The Kier molecular flexibility index (Phi) is 4.09. The van der Waals surface area contributed by atoms with Gasteiger partial charge in [-0.3, -0.25) is 9.48 Å². The number of amides is 1. The summed E-state index contributed by atoms with van der Waals surface area (Å²) in [7, 11) is 3.86. The highest BCUT2D eigenvalue weighted by molar-refractivity contribution is 5.98. The molecular weight excluding hydrogens is 242 g/mol. The molecule has 0 saturated carbocycles. The number of carbonyl (C=O) groups excluding carboxylic acids is 1. The average Bonchev–Trinajstić information content (AvgIpc) is 2.67. The van der Waals surface area contributed by atoms with Crippen molar-refractivity contribution >= 4 is 11.6 Å². The van der Waals surface area contributed by atoms with E-state index in [4.69, 9.17) is 5.73 Å². The largest absolute Gasteiger partial charge is 0.395 e. The van der Waals surface area contributed by atoms with Gasteiger partial charge in [0.15, 0.2) is 0 Å². The van der Waals surface area contributed by atoms with Crippen LogP contribution in [0.5, 0.6) is 0 Å². The second-order valence-corrected chi connectivity index (χ2v) is 5.24. The molecular formula is C13H23N5O. The third-order valence-corrected chi connectivity index (χ3v) is 3.76. The van der Waals surface area contributed by atoms with Gasteiger partial charge in [-0.15, -0.1) is 0 Å². The topological polar surface area (TPSA) is 76.2 Å². The van der Waals surface area contributed by atoms with E-state index in [1.165, 1.54) is 0 Å². The van der Waals surface area contributed by atoms with Crippen LogP contribution in [0.2, 0.25) is 0 Å². The van der Waals surface area contributed by atoms with Gasteiger partial charge >= 0.3 is 0 Å². The van der Waals surface area contributed by atoms with Crippen LogP contribution in [0.3, 0.4) is 0 Å². The van der Waals surface area contributed by atoms with Crippen LogP contribution in [0.25, 0.3) is 0 Å². The lowest BCUT2D eigenvalue weighted by atomic mass is 10.1. The van der Waals surface area contributed by atoms with Crippen molar-refractivity contribution in [3.8, 4) is 0 Å². The molecule has 3 N–H and O–H groups in total. The second-order valence-electron chi connectivity index (χ2n) is 5.24. The van der Waals surface area contributed by atoms with Crippen molar-refractivity contribution in [1.82, 2.24) is 20.0 Å². The SMILES string of the molecule is CCc1nn(C)c(C(=O)NC2CCN(C)CC2)c1N. The van der Waals surface area contributed by atoms with Gasteiger partial charge in [0.05, 0.1) is 11.4 Å². The van der Waals surface area contributed by atoms with Crippen molar-refractivity contribution in [2.75, 3.05) is 25.9 Å². The molecule has 1 aliphatic heterocycles. The molecule has 2 heterocycles. The van der Waals surface area contributed by atoms with E-state index in [2.05, 4.69) is 22.4 Å². The maximum absolute atomic E-state index is 12.3. The van der Waals surface area contributed by atoms with Gasteiger partial charge in [0, 0.05) is 13.1 Å². The number of anilines is 1. The molecule has 0 spiro atoms. The molecule has 6 nitrogen and oxygen atoms in total. The number of piperidine rings is 1. The molecule has 0 radical (unpaired) electrons. The van der Waals surface area contributed by atoms with Crippen molar-refractivity contribution in [2.24, 2.45) is 7.05 Å². The van der Waals surface area contributed by atoms with E-state index in [-0.39, 0.29) is 11.9 Å². The number of hydrogen-bond acceptors (Lipinski definition) is 4. The highest BCUT2D eigenvalue weighted by atomic mass is 16.2. The van der Waals surface area contributed by atoms with Crippen LogP contribution in [-0.4, -0.2) is 46.8 Å². The molecule has 0 aromatic carbocycles. The van der Waals surface area contributed by atoms with E-state index >= 15 is 0 Å². The Morgan fingerprint density at radius 1 is 1.42 bits per heavy atom. The number of nitrogen functional groups attached to an aromatic ring is 1. The van der Waals surface area contributed by atoms with E-state index < -0.39 is 0 Å². The Morgan fingerprint density at radius 3 is 2.58 bits per heavy atom. The van der Waals surface area contributed by atoms with Crippen LogP contribution in [-0.2, 0) is 13.5 Å². The number of nitrogens with one attached hydrogen (secondary N) is 1. The number of rotatable bonds is 3. The van der Waals surface area contributed by atoms with E-state index in [0.29, 0.717) is 11.4 Å². The van der Waals surface area contributed by atoms with Crippen molar-refractivity contribution in [3.63, 3.8) is 0 Å². The Bertz CT molecular complexity index is 460. The highest BCUT2D eigenvalue weighted by Gasteiger charge is 2.23. The minimum atomic E-state index is -0.109. The van der Waals surface area contributed by atoms with E-state index in [1.54, 1.807) is 11.7 Å². The molecule has 2 rings (SSSR count). The normalized spacial score (nSPS) is 17.6. The lowest BCUT2D eigenvalue weighted by Crippen LogP contribution is -2.43. The maximum atomic E-state index is 12.3. The zero-order valence-electron chi connectivity index (χ0n) is 11.9. The molecule has 1 saturated heterocycles. The van der Waals surface area contributed by atoms with Crippen molar-refractivity contribution in [1.29, 1.82) is 0 Å². The van der Waals surface area contributed by atoms with E-state index in [1.807, 2.05) is 6.92 Å². The first kappa shape index (κ1) is 13.9. The lowest BCUT2D eigenvalue weighted by Gasteiger charge is -2.29. The van der Waals surface area contributed by atoms with Gasteiger partial charge in [0.25, 0.3) is 5.91 Å². The minimum absolute atomic E-state index is 0.109. The van der Waals surface area contributed by atoms with E-state index in [0.717, 1.165) is 38.0 Å². The summed E-state index contributed by atoms with van der Waals surface area (Å²) >= 11 is 0. The van der Waals surface area contributed by atoms with Gasteiger partial charge in [0.2, 0.25) is 0 Å². The predicted molar refractivity (Wildman–Crippen MR) is 75.0 cm³/mol. The molecule has 19 heavy (non-hydrogen) atoms. The number of carbonyl (C=O) groups is 1. The van der Waals surface area contributed by atoms with Crippen LogP contribution in [0, 0.1) is 0 Å². The molecule has 0 atom stereocenters. The standard InChI is InChI=1S/C13H23N5O/c1-4-10-11(14)12(18(3)16-10)13(19)15-9-5-7-17(2)8-6-9/h9H,4-8,14H2,1-3H3,(H,15,19). The van der Waals surface area contributed by atoms with Gasteiger partial charge in [-0.05, 0) is 39.4 Å². The summed E-state index contributed by atoms with van der Waals surface area (Å²) < 4.78 is 1.58. The fraction of sp³-hybridized carbons (Fsp3) is 0.692. The fourth-order valence-corrected chi connectivity index (χ4v) is 2.53. The van der Waals surface area contributed by atoms with Gasteiger partial charge in [0.1, 0.15) is 5.69 Å². The first-order valence-corrected chi connectivity index (χ1v) is 6.83. The van der Waals surface area contributed by atoms with Gasteiger partial charge < -0.3 is 16.0 Å². The summed E-state index contributed by atoms with van der Waals surface area (Å²) in [6, 6.07) is 0.239. The van der Waals surface area contributed by atoms with Crippen molar-refractivity contribution in [3.05, 3.63) is 11.4 Å². The van der Waals surface area contributed by atoms with Crippen molar-refractivity contribution in [2.45, 2.75) is 32.2 Å². The van der Waals surface area contributed by atoms with Crippen LogP contribution in [0.1, 0.15) is 35.9 Å². The minimum Gasteiger partial charge on any atom is -0.395 e. The number of nitrogens with two attached hydrogens (primary N) is 1. The quantitative estimate of drug-likeness (QED) is 0.829. The number of nitrogens with zero attached hydrogens (tertiary/aromatic N) is 3. The maximum Gasteiger partial charge on any atom is 0.271 e. The predicted octanol–water partition coefficient (Wildman–Crippen LogP) is 0.389. The summed E-state index contributed by atoms with van der Waals surface area (Å²) in [5, 5.41) is 7.35. The molecule has 0 aliphatic carbocycles. The molecule has 106 valence electrons. The Morgan fingerprint density at radius 2 is 2.05 bits per heavy atom. The fourth-order valence-electron chi connectivity index (χ4n) is 2.53.